The molecule has 0 unspecified atom stereocenters. The molecule has 0 fully saturated rings. The fourth-order valence-electron chi connectivity index (χ4n) is 2.06. The number of aromatic nitrogens is 2. The van der Waals surface area contributed by atoms with Crippen LogP contribution in [0.5, 0.6) is 0 Å². The lowest BCUT2D eigenvalue weighted by Gasteiger charge is -2.07. The van der Waals surface area contributed by atoms with E-state index in [2.05, 4.69) is 20.6 Å². The van der Waals surface area contributed by atoms with Gasteiger partial charge in [0.2, 0.25) is 5.95 Å². The predicted molar refractivity (Wildman–Crippen MR) is 90.2 cm³/mol. The summed E-state index contributed by atoms with van der Waals surface area (Å²) in [5.41, 5.74) is 2.17. The molecule has 2 aromatic carbocycles. The van der Waals surface area contributed by atoms with Gasteiger partial charge in [-0.05, 0) is 23.8 Å². The Morgan fingerprint density at radius 1 is 0.913 bits per heavy atom. The van der Waals surface area contributed by atoms with Gasteiger partial charge in [0.05, 0.1) is 0 Å². The molecule has 0 aliphatic rings. The van der Waals surface area contributed by atoms with Gasteiger partial charge in [0.1, 0.15) is 5.69 Å². The van der Waals surface area contributed by atoms with Crippen molar-refractivity contribution in [2.45, 2.75) is 6.54 Å². The minimum atomic E-state index is -0.263. The zero-order valence-electron chi connectivity index (χ0n) is 12.4. The maximum atomic E-state index is 12.2. The zero-order valence-corrected chi connectivity index (χ0v) is 12.4. The Hall–Kier alpha value is -3.21. The quantitative estimate of drug-likeness (QED) is 0.758. The van der Waals surface area contributed by atoms with Crippen molar-refractivity contribution in [1.29, 1.82) is 0 Å². The average Bonchev–Trinajstić information content (AvgIpc) is 2.62. The molecule has 1 heterocycles. The molecule has 1 amide bonds. The van der Waals surface area contributed by atoms with Crippen LogP contribution in [0.3, 0.4) is 0 Å². The summed E-state index contributed by atoms with van der Waals surface area (Å²) in [5, 5.41) is 5.92. The summed E-state index contributed by atoms with van der Waals surface area (Å²) in [5.74, 6) is 0.163. The lowest BCUT2D eigenvalue weighted by atomic mass is 10.2. The predicted octanol–water partition coefficient (Wildman–Crippen LogP) is 3.34. The summed E-state index contributed by atoms with van der Waals surface area (Å²) in [7, 11) is 0. The van der Waals surface area contributed by atoms with Crippen LogP contribution >= 0.6 is 0 Å². The van der Waals surface area contributed by atoms with Crippen LogP contribution in [0.15, 0.2) is 72.9 Å². The Labute approximate surface area is 134 Å². The molecule has 0 atom stereocenters. The molecular formula is C18H16N4O. The minimum absolute atomic E-state index is 0.263. The highest BCUT2D eigenvalue weighted by atomic mass is 16.1. The summed E-state index contributed by atoms with van der Waals surface area (Å²) in [4.78, 5) is 20.6. The molecule has 114 valence electrons. The average molecular weight is 304 g/mol. The van der Waals surface area contributed by atoms with E-state index >= 15 is 0 Å². The van der Waals surface area contributed by atoms with Gasteiger partial charge in [-0.25, -0.2) is 9.97 Å². The largest absolute Gasteiger partial charge is 0.350 e. The Balaban J connectivity index is 1.66. The third-order valence-electron chi connectivity index (χ3n) is 3.21. The Morgan fingerprint density at radius 2 is 1.61 bits per heavy atom. The molecule has 0 saturated heterocycles. The third-order valence-corrected chi connectivity index (χ3v) is 3.21. The Morgan fingerprint density at radius 3 is 2.35 bits per heavy atom. The molecule has 5 heteroatoms. The maximum absolute atomic E-state index is 12.2. The number of benzene rings is 2. The van der Waals surface area contributed by atoms with Crippen LogP contribution in [0.4, 0.5) is 11.6 Å². The summed E-state index contributed by atoms with van der Waals surface area (Å²) in [6, 6.07) is 20.8. The smallest absolute Gasteiger partial charge is 0.274 e. The second-order valence-electron chi connectivity index (χ2n) is 4.92. The van der Waals surface area contributed by atoms with E-state index in [1.807, 2.05) is 60.7 Å². The number of anilines is 2. The van der Waals surface area contributed by atoms with E-state index in [4.69, 9.17) is 0 Å². The molecule has 0 spiro atoms. The van der Waals surface area contributed by atoms with Gasteiger partial charge in [0.25, 0.3) is 5.91 Å². The standard InChI is InChI=1S/C18H16N4O/c23-17(21-15-9-5-2-6-10-15)16-11-12-19-18(22-16)20-13-14-7-3-1-4-8-14/h1-12H,13H2,(H,21,23)(H,19,20,22). The van der Waals surface area contributed by atoms with Crippen molar-refractivity contribution < 1.29 is 4.79 Å². The van der Waals surface area contributed by atoms with E-state index in [9.17, 15) is 4.79 Å². The summed E-state index contributed by atoms with van der Waals surface area (Å²) in [6.45, 7) is 0.602. The van der Waals surface area contributed by atoms with Crippen LogP contribution in [0.25, 0.3) is 0 Å². The number of hydrogen-bond acceptors (Lipinski definition) is 4. The molecule has 0 saturated carbocycles. The monoisotopic (exact) mass is 304 g/mol. The number of nitrogens with one attached hydrogen (secondary N) is 2. The van der Waals surface area contributed by atoms with Crippen molar-refractivity contribution in [2.24, 2.45) is 0 Å². The highest BCUT2D eigenvalue weighted by Gasteiger charge is 2.09. The van der Waals surface area contributed by atoms with E-state index in [-0.39, 0.29) is 5.91 Å². The third kappa shape index (κ3) is 4.14. The van der Waals surface area contributed by atoms with Crippen LogP contribution in [-0.4, -0.2) is 15.9 Å². The Bertz CT molecular complexity index is 775. The lowest BCUT2D eigenvalue weighted by molar-refractivity contribution is 0.102. The number of hydrogen-bond donors (Lipinski definition) is 2. The molecule has 0 bridgehead atoms. The van der Waals surface area contributed by atoms with Crippen LogP contribution in [0.1, 0.15) is 16.1 Å². The van der Waals surface area contributed by atoms with Crippen molar-refractivity contribution >= 4 is 17.5 Å². The number of para-hydroxylation sites is 1. The van der Waals surface area contributed by atoms with Crippen molar-refractivity contribution in [3.63, 3.8) is 0 Å². The van der Waals surface area contributed by atoms with E-state index in [0.717, 1.165) is 11.3 Å². The van der Waals surface area contributed by atoms with E-state index < -0.39 is 0 Å². The number of carbonyl (C=O) groups excluding carboxylic acids is 1. The fourth-order valence-corrected chi connectivity index (χ4v) is 2.06. The highest BCUT2D eigenvalue weighted by molar-refractivity contribution is 6.02. The van der Waals surface area contributed by atoms with Crippen LogP contribution in [0, 0.1) is 0 Å². The minimum Gasteiger partial charge on any atom is -0.350 e. The first-order valence-corrected chi connectivity index (χ1v) is 7.28. The van der Waals surface area contributed by atoms with Gasteiger partial charge in [-0.3, -0.25) is 4.79 Å². The highest BCUT2D eigenvalue weighted by Crippen LogP contribution is 2.09. The molecule has 2 N–H and O–H groups in total. The van der Waals surface area contributed by atoms with Gasteiger partial charge in [0, 0.05) is 18.4 Å². The number of nitrogens with zero attached hydrogens (tertiary/aromatic N) is 2. The molecule has 1 aromatic heterocycles. The number of carbonyl (C=O) groups is 1. The van der Waals surface area contributed by atoms with Crippen molar-refractivity contribution in [3.8, 4) is 0 Å². The SMILES string of the molecule is O=C(Nc1ccccc1)c1ccnc(NCc2ccccc2)n1. The first kappa shape index (κ1) is 14.7. The number of amides is 1. The molecule has 0 aliphatic heterocycles. The van der Waals surface area contributed by atoms with Gasteiger partial charge in [-0.15, -0.1) is 0 Å². The molecule has 23 heavy (non-hydrogen) atoms. The van der Waals surface area contributed by atoms with Gasteiger partial charge in [0.15, 0.2) is 0 Å². The van der Waals surface area contributed by atoms with Gasteiger partial charge in [-0.2, -0.15) is 0 Å². The van der Waals surface area contributed by atoms with Crippen molar-refractivity contribution in [1.82, 2.24) is 9.97 Å². The maximum Gasteiger partial charge on any atom is 0.274 e. The molecule has 0 aliphatic carbocycles. The van der Waals surface area contributed by atoms with Gasteiger partial charge in [-0.1, -0.05) is 48.5 Å². The van der Waals surface area contributed by atoms with Crippen molar-refractivity contribution in [3.05, 3.63) is 84.2 Å². The zero-order chi connectivity index (χ0) is 15.9. The van der Waals surface area contributed by atoms with E-state index in [0.29, 0.717) is 18.2 Å². The second kappa shape index (κ2) is 7.17. The summed E-state index contributed by atoms with van der Waals surface area (Å²) < 4.78 is 0. The molecule has 3 aromatic rings. The molecular weight excluding hydrogens is 288 g/mol. The molecule has 5 nitrogen and oxygen atoms in total. The number of rotatable bonds is 5. The fraction of sp³-hybridized carbons (Fsp3) is 0.0556. The van der Waals surface area contributed by atoms with Crippen LogP contribution in [-0.2, 0) is 6.54 Å². The summed E-state index contributed by atoms with van der Waals surface area (Å²) in [6.07, 6.45) is 1.57. The topological polar surface area (TPSA) is 66.9 Å². The normalized spacial score (nSPS) is 10.1. The molecule has 3 rings (SSSR count). The lowest BCUT2D eigenvalue weighted by Crippen LogP contribution is -2.15. The second-order valence-corrected chi connectivity index (χ2v) is 4.92. The van der Waals surface area contributed by atoms with Gasteiger partial charge >= 0.3 is 0 Å². The van der Waals surface area contributed by atoms with Crippen LogP contribution in [0.2, 0.25) is 0 Å². The Kier molecular flexibility index (Phi) is 4.59. The van der Waals surface area contributed by atoms with Gasteiger partial charge < -0.3 is 10.6 Å². The first-order chi connectivity index (χ1) is 11.3. The summed E-state index contributed by atoms with van der Waals surface area (Å²) >= 11 is 0. The van der Waals surface area contributed by atoms with Crippen LogP contribution < -0.4 is 10.6 Å². The van der Waals surface area contributed by atoms with E-state index in [1.165, 1.54) is 0 Å². The molecule has 0 radical (unpaired) electrons. The first-order valence-electron chi connectivity index (χ1n) is 7.28. The van der Waals surface area contributed by atoms with E-state index in [1.54, 1.807) is 12.3 Å². The van der Waals surface area contributed by atoms with Crippen molar-refractivity contribution in [2.75, 3.05) is 10.6 Å².